The molecule has 0 amide bonds. The normalized spacial score (nSPS) is 11.5. The Hall–Kier alpha value is -0.0300. The Morgan fingerprint density at radius 2 is 2.07 bits per heavy atom. The molecule has 1 heterocycles. The predicted molar refractivity (Wildman–Crippen MR) is 72.7 cm³/mol. The number of halogens is 2. The summed E-state index contributed by atoms with van der Waals surface area (Å²) in [7, 11) is 0. The van der Waals surface area contributed by atoms with E-state index in [1.807, 2.05) is 0 Å². The Morgan fingerprint density at radius 1 is 1.36 bits per heavy atom. The second kappa shape index (κ2) is 3.85. The smallest absolute Gasteiger partial charge is 0.0505 e. The van der Waals surface area contributed by atoms with E-state index in [0.29, 0.717) is 6.04 Å². The molecule has 1 nitrogen and oxygen atoms in total. The number of nitrogens with zero attached hydrogens (tertiary/aromatic N) is 1. The third-order valence-corrected chi connectivity index (χ3v) is 3.66. The molecule has 0 aliphatic carbocycles. The summed E-state index contributed by atoms with van der Waals surface area (Å²) in [6, 6.07) is 6.95. The Bertz CT molecular complexity index is 473. The van der Waals surface area contributed by atoms with Crippen LogP contribution in [-0.4, -0.2) is 4.57 Å². The van der Waals surface area contributed by atoms with Gasteiger partial charge in [0.2, 0.25) is 0 Å². The number of aromatic nitrogens is 1. The average Bonchev–Trinajstić information content (AvgIpc) is 2.43. The van der Waals surface area contributed by atoms with Crippen LogP contribution in [0.25, 0.3) is 10.9 Å². The molecule has 0 saturated heterocycles. The van der Waals surface area contributed by atoms with Crippen molar-refractivity contribution in [1.29, 1.82) is 0 Å². The molecule has 2 aromatic rings. The number of hydrogen-bond donors (Lipinski definition) is 0. The summed E-state index contributed by atoms with van der Waals surface area (Å²) < 4.78 is 4.77. The molecule has 0 aliphatic heterocycles. The second-order valence-corrected chi connectivity index (χ2v) is 5.72. The minimum Gasteiger partial charge on any atom is -0.344 e. The van der Waals surface area contributed by atoms with Crippen molar-refractivity contribution in [2.24, 2.45) is 0 Å². The maximum Gasteiger partial charge on any atom is 0.0505 e. The summed E-state index contributed by atoms with van der Waals surface area (Å²) in [4.78, 5) is 0. The Balaban J connectivity index is 2.79. The van der Waals surface area contributed by atoms with E-state index in [0.717, 1.165) is 4.47 Å². The van der Waals surface area contributed by atoms with Gasteiger partial charge in [0.15, 0.2) is 0 Å². The highest BCUT2D eigenvalue weighted by Crippen LogP contribution is 2.28. The molecule has 14 heavy (non-hydrogen) atoms. The Morgan fingerprint density at radius 3 is 2.71 bits per heavy atom. The fraction of sp³-hybridized carbons (Fsp3) is 0.273. The molecule has 1 aromatic heterocycles. The molecule has 0 aliphatic rings. The van der Waals surface area contributed by atoms with Crippen LogP contribution in [0, 0.1) is 3.57 Å². The maximum atomic E-state index is 3.51. The van der Waals surface area contributed by atoms with E-state index in [-0.39, 0.29) is 0 Å². The van der Waals surface area contributed by atoms with Gasteiger partial charge in [-0.2, -0.15) is 0 Å². The fourth-order valence-electron chi connectivity index (χ4n) is 1.61. The molecule has 0 atom stereocenters. The molecular formula is C11H11BrIN. The summed E-state index contributed by atoms with van der Waals surface area (Å²) in [5.74, 6) is 0. The molecule has 0 N–H and O–H groups in total. The highest BCUT2D eigenvalue weighted by atomic mass is 127. The van der Waals surface area contributed by atoms with Crippen LogP contribution in [0.2, 0.25) is 0 Å². The van der Waals surface area contributed by atoms with Crippen LogP contribution in [0.15, 0.2) is 28.9 Å². The highest BCUT2D eigenvalue weighted by molar-refractivity contribution is 14.1. The molecule has 1 aromatic carbocycles. The molecule has 0 radical (unpaired) electrons. The Labute approximate surface area is 106 Å². The van der Waals surface area contributed by atoms with Crippen molar-refractivity contribution in [1.82, 2.24) is 4.57 Å². The monoisotopic (exact) mass is 363 g/mol. The second-order valence-electron chi connectivity index (χ2n) is 3.64. The molecular weight excluding hydrogens is 353 g/mol. The highest BCUT2D eigenvalue weighted by Gasteiger charge is 2.08. The van der Waals surface area contributed by atoms with Gasteiger partial charge >= 0.3 is 0 Å². The lowest BCUT2D eigenvalue weighted by Gasteiger charge is -2.08. The number of benzene rings is 1. The lowest BCUT2D eigenvalue weighted by molar-refractivity contribution is 0.622. The van der Waals surface area contributed by atoms with Crippen molar-refractivity contribution < 1.29 is 0 Å². The maximum absolute atomic E-state index is 3.51. The van der Waals surface area contributed by atoms with Gasteiger partial charge in [-0.05, 0) is 48.6 Å². The Kier molecular flexibility index (Phi) is 2.88. The van der Waals surface area contributed by atoms with Gasteiger partial charge in [0.1, 0.15) is 0 Å². The van der Waals surface area contributed by atoms with Crippen molar-refractivity contribution in [3.05, 3.63) is 32.4 Å². The van der Waals surface area contributed by atoms with Crippen molar-refractivity contribution in [2.75, 3.05) is 0 Å². The largest absolute Gasteiger partial charge is 0.344 e. The van der Waals surface area contributed by atoms with Crippen molar-refractivity contribution in [2.45, 2.75) is 19.9 Å². The first-order valence-corrected chi connectivity index (χ1v) is 6.42. The summed E-state index contributed by atoms with van der Waals surface area (Å²) in [5.41, 5.74) is 1.30. The summed E-state index contributed by atoms with van der Waals surface area (Å²) in [6.45, 7) is 4.41. The molecule has 2 rings (SSSR count). The van der Waals surface area contributed by atoms with Gasteiger partial charge in [0.05, 0.1) is 5.52 Å². The van der Waals surface area contributed by atoms with Gasteiger partial charge in [0, 0.05) is 25.7 Å². The molecule has 0 bridgehead atoms. The quantitative estimate of drug-likeness (QED) is 0.653. The molecule has 0 fully saturated rings. The lowest BCUT2D eigenvalue weighted by Crippen LogP contribution is -1.97. The number of fused-ring (bicyclic) bond motifs is 1. The van der Waals surface area contributed by atoms with Gasteiger partial charge in [-0.1, -0.05) is 22.0 Å². The van der Waals surface area contributed by atoms with Crippen LogP contribution in [0.3, 0.4) is 0 Å². The SMILES string of the molecule is CC(C)n1cc(I)c2ccc(Br)cc21. The van der Waals surface area contributed by atoms with E-state index in [9.17, 15) is 0 Å². The van der Waals surface area contributed by atoms with E-state index < -0.39 is 0 Å². The minimum absolute atomic E-state index is 0.510. The summed E-state index contributed by atoms with van der Waals surface area (Å²) >= 11 is 5.90. The molecule has 74 valence electrons. The third kappa shape index (κ3) is 1.72. The molecule has 3 heteroatoms. The fourth-order valence-corrected chi connectivity index (χ4v) is 2.71. The standard InChI is InChI=1S/C11H11BrIN/c1-7(2)14-6-10(13)9-4-3-8(12)5-11(9)14/h3-7H,1-2H3. The number of hydrogen-bond acceptors (Lipinski definition) is 0. The van der Waals surface area contributed by atoms with E-state index in [2.05, 4.69) is 81.3 Å². The summed E-state index contributed by atoms with van der Waals surface area (Å²) in [6.07, 6.45) is 2.21. The van der Waals surface area contributed by atoms with Crippen LogP contribution in [0.5, 0.6) is 0 Å². The van der Waals surface area contributed by atoms with Crippen molar-refractivity contribution in [3.63, 3.8) is 0 Å². The summed E-state index contributed by atoms with van der Waals surface area (Å²) in [5, 5.41) is 1.34. The zero-order valence-electron chi connectivity index (χ0n) is 8.09. The predicted octanol–water partition coefficient (Wildman–Crippen LogP) is 4.59. The van der Waals surface area contributed by atoms with Gasteiger partial charge in [-0.25, -0.2) is 0 Å². The molecule has 0 spiro atoms. The number of rotatable bonds is 1. The van der Waals surface area contributed by atoms with Crippen LogP contribution < -0.4 is 0 Å². The minimum atomic E-state index is 0.510. The van der Waals surface area contributed by atoms with Crippen LogP contribution in [0.4, 0.5) is 0 Å². The molecule has 0 unspecified atom stereocenters. The molecule has 0 saturated carbocycles. The van der Waals surface area contributed by atoms with Crippen LogP contribution >= 0.6 is 38.5 Å². The van der Waals surface area contributed by atoms with Crippen molar-refractivity contribution in [3.8, 4) is 0 Å². The first-order valence-electron chi connectivity index (χ1n) is 4.55. The first-order chi connectivity index (χ1) is 6.59. The van der Waals surface area contributed by atoms with Crippen molar-refractivity contribution >= 4 is 49.4 Å². The van der Waals surface area contributed by atoms with E-state index in [1.54, 1.807) is 0 Å². The van der Waals surface area contributed by atoms with Gasteiger partial charge < -0.3 is 4.57 Å². The van der Waals surface area contributed by atoms with E-state index in [4.69, 9.17) is 0 Å². The van der Waals surface area contributed by atoms with Gasteiger partial charge in [-0.15, -0.1) is 0 Å². The van der Waals surface area contributed by atoms with E-state index in [1.165, 1.54) is 14.5 Å². The first kappa shape index (κ1) is 10.5. The third-order valence-electron chi connectivity index (χ3n) is 2.30. The van der Waals surface area contributed by atoms with E-state index >= 15 is 0 Å². The topological polar surface area (TPSA) is 4.93 Å². The van der Waals surface area contributed by atoms with Gasteiger partial charge in [-0.3, -0.25) is 0 Å². The zero-order chi connectivity index (χ0) is 10.3. The van der Waals surface area contributed by atoms with Crippen LogP contribution in [0.1, 0.15) is 19.9 Å². The average molecular weight is 364 g/mol. The lowest BCUT2D eigenvalue weighted by atomic mass is 10.2. The van der Waals surface area contributed by atoms with Gasteiger partial charge in [0.25, 0.3) is 0 Å². The van der Waals surface area contributed by atoms with Crippen LogP contribution in [-0.2, 0) is 0 Å². The zero-order valence-corrected chi connectivity index (χ0v) is 11.8.